The lowest BCUT2D eigenvalue weighted by molar-refractivity contribution is 0.368. The molecule has 0 aliphatic rings. The van der Waals surface area contributed by atoms with Gasteiger partial charge in [0.05, 0.1) is 36.1 Å². The van der Waals surface area contributed by atoms with Gasteiger partial charge in [-0.3, -0.25) is 4.68 Å². The van der Waals surface area contributed by atoms with Crippen LogP contribution < -0.4 is 10.5 Å². The highest BCUT2D eigenvalue weighted by molar-refractivity contribution is 9.10. The van der Waals surface area contributed by atoms with Crippen LogP contribution in [-0.4, -0.2) is 42.4 Å². The zero-order chi connectivity index (χ0) is 15.4. The first-order chi connectivity index (χ1) is 10.0. The summed E-state index contributed by atoms with van der Waals surface area (Å²) in [6, 6.07) is 7.58. The number of hydrogen-bond donors (Lipinski definition) is 1. The summed E-state index contributed by atoms with van der Waals surface area (Å²) in [4.78, 5) is 2.12. The second kappa shape index (κ2) is 7.06. The van der Waals surface area contributed by atoms with E-state index in [-0.39, 0.29) is 6.04 Å². The van der Waals surface area contributed by atoms with E-state index in [2.05, 4.69) is 25.9 Å². The third-order valence-corrected chi connectivity index (χ3v) is 3.97. The number of methoxy groups -OCH3 is 1. The molecule has 5 nitrogen and oxygen atoms in total. The van der Waals surface area contributed by atoms with E-state index < -0.39 is 0 Å². The molecule has 6 heteroatoms. The molecule has 0 bridgehead atoms. The van der Waals surface area contributed by atoms with Crippen molar-refractivity contribution in [3.05, 3.63) is 46.2 Å². The lowest BCUT2D eigenvalue weighted by Gasteiger charge is -2.17. The zero-order valence-corrected chi connectivity index (χ0v) is 14.2. The Morgan fingerprint density at radius 3 is 2.57 bits per heavy atom. The summed E-state index contributed by atoms with van der Waals surface area (Å²) < 4.78 is 8.07. The molecule has 0 amide bonds. The molecule has 0 saturated heterocycles. The number of ether oxygens (including phenoxy) is 1. The van der Waals surface area contributed by atoms with Gasteiger partial charge in [0.15, 0.2) is 0 Å². The van der Waals surface area contributed by atoms with Gasteiger partial charge in [0.2, 0.25) is 0 Å². The van der Waals surface area contributed by atoms with E-state index in [9.17, 15) is 0 Å². The van der Waals surface area contributed by atoms with Gasteiger partial charge in [0.25, 0.3) is 0 Å². The molecule has 0 aliphatic carbocycles. The normalized spacial score (nSPS) is 12.7. The summed E-state index contributed by atoms with van der Waals surface area (Å²) in [6.45, 7) is 1.72. The Morgan fingerprint density at radius 2 is 2.00 bits per heavy atom. The fourth-order valence-electron chi connectivity index (χ4n) is 2.12. The molecule has 1 aromatic carbocycles. The van der Waals surface area contributed by atoms with Gasteiger partial charge in [-0.2, -0.15) is 5.10 Å². The van der Waals surface area contributed by atoms with Gasteiger partial charge < -0.3 is 15.4 Å². The van der Waals surface area contributed by atoms with Crippen molar-refractivity contribution in [2.75, 3.05) is 27.7 Å². The minimum absolute atomic E-state index is 0.227. The minimum Gasteiger partial charge on any atom is -0.497 e. The van der Waals surface area contributed by atoms with Crippen LogP contribution in [0.25, 0.3) is 0 Å². The summed E-state index contributed by atoms with van der Waals surface area (Å²) in [7, 11) is 5.74. The Hall–Kier alpha value is -1.37. The maximum absolute atomic E-state index is 6.42. The van der Waals surface area contributed by atoms with Crippen LogP contribution in [0.5, 0.6) is 5.75 Å². The van der Waals surface area contributed by atoms with Crippen molar-refractivity contribution >= 4 is 15.9 Å². The summed E-state index contributed by atoms with van der Waals surface area (Å²) in [5, 5.41) is 4.41. The molecule has 2 aromatic rings. The smallest absolute Gasteiger partial charge is 0.118 e. The van der Waals surface area contributed by atoms with Gasteiger partial charge in [-0.15, -0.1) is 0 Å². The molecule has 1 atom stereocenters. The first-order valence-electron chi connectivity index (χ1n) is 6.78. The molecule has 2 N–H and O–H groups in total. The summed E-state index contributed by atoms with van der Waals surface area (Å²) >= 11 is 3.55. The molecule has 1 unspecified atom stereocenters. The molecule has 114 valence electrons. The van der Waals surface area contributed by atoms with Gasteiger partial charge in [-0.25, -0.2) is 0 Å². The average Bonchev–Trinajstić information content (AvgIpc) is 2.85. The van der Waals surface area contributed by atoms with Gasteiger partial charge >= 0.3 is 0 Å². The number of likely N-dealkylation sites (N-methyl/N-ethyl adjacent to an activating group) is 1. The van der Waals surface area contributed by atoms with Crippen LogP contribution in [0.2, 0.25) is 0 Å². The van der Waals surface area contributed by atoms with Crippen LogP contribution in [-0.2, 0) is 6.54 Å². The van der Waals surface area contributed by atoms with E-state index in [1.807, 2.05) is 43.0 Å². The minimum atomic E-state index is -0.227. The summed E-state index contributed by atoms with van der Waals surface area (Å²) in [5.74, 6) is 0.825. The van der Waals surface area contributed by atoms with Crippen LogP contribution in [0, 0.1) is 0 Å². The highest BCUT2D eigenvalue weighted by atomic mass is 79.9. The van der Waals surface area contributed by atoms with Crippen molar-refractivity contribution in [2.45, 2.75) is 12.6 Å². The molecule has 0 saturated carbocycles. The first-order valence-corrected chi connectivity index (χ1v) is 7.57. The molecule has 0 radical (unpaired) electrons. The van der Waals surface area contributed by atoms with E-state index in [0.29, 0.717) is 0 Å². The van der Waals surface area contributed by atoms with Crippen LogP contribution in [0.1, 0.15) is 17.3 Å². The predicted molar refractivity (Wildman–Crippen MR) is 87.5 cm³/mol. The number of rotatable bonds is 6. The summed E-state index contributed by atoms with van der Waals surface area (Å²) in [5.41, 5.74) is 8.43. The Morgan fingerprint density at radius 1 is 1.33 bits per heavy atom. The highest BCUT2D eigenvalue weighted by Gasteiger charge is 2.18. The fourth-order valence-corrected chi connectivity index (χ4v) is 2.67. The third kappa shape index (κ3) is 3.84. The third-order valence-electron chi connectivity index (χ3n) is 3.36. The van der Waals surface area contributed by atoms with Crippen molar-refractivity contribution in [3.8, 4) is 5.75 Å². The largest absolute Gasteiger partial charge is 0.497 e. The Balaban J connectivity index is 2.24. The second-order valence-corrected chi connectivity index (χ2v) is 6.01. The quantitative estimate of drug-likeness (QED) is 0.866. The maximum Gasteiger partial charge on any atom is 0.118 e. The molecule has 21 heavy (non-hydrogen) atoms. The van der Waals surface area contributed by atoms with Gasteiger partial charge in [-0.05, 0) is 47.7 Å². The number of hydrogen-bond acceptors (Lipinski definition) is 4. The zero-order valence-electron chi connectivity index (χ0n) is 12.6. The number of nitrogens with zero attached hydrogens (tertiary/aromatic N) is 3. The Labute approximate surface area is 133 Å². The SMILES string of the molecule is COc1ccc(C(N)c2c(Br)cnn2CCN(C)C)cc1. The standard InChI is InChI=1S/C15H21BrN4O/c1-19(2)8-9-20-15(13(16)10-18-20)14(17)11-4-6-12(21-3)7-5-11/h4-7,10,14H,8-9,17H2,1-3H3. The maximum atomic E-state index is 6.42. The van der Waals surface area contributed by atoms with Gasteiger partial charge in [0.1, 0.15) is 5.75 Å². The fraction of sp³-hybridized carbons (Fsp3) is 0.400. The van der Waals surface area contributed by atoms with Crippen LogP contribution >= 0.6 is 15.9 Å². The van der Waals surface area contributed by atoms with E-state index in [4.69, 9.17) is 10.5 Å². The predicted octanol–water partition coefficient (Wildman–Crippen LogP) is 2.26. The molecule has 0 fully saturated rings. The van der Waals surface area contributed by atoms with Crippen LogP contribution in [0.4, 0.5) is 0 Å². The number of aromatic nitrogens is 2. The summed E-state index contributed by atoms with van der Waals surface area (Å²) in [6.07, 6.45) is 1.80. The monoisotopic (exact) mass is 352 g/mol. The Bertz CT molecular complexity index is 580. The molecule has 1 heterocycles. The number of halogens is 1. The van der Waals surface area contributed by atoms with Crippen LogP contribution in [0.3, 0.4) is 0 Å². The van der Waals surface area contributed by atoms with Crippen molar-refractivity contribution in [3.63, 3.8) is 0 Å². The lowest BCUT2D eigenvalue weighted by atomic mass is 10.0. The lowest BCUT2D eigenvalue weighted by Crippen LogP contribution is -2.23. The molecule has 1 aromatic heterocycles. The first kappa shape index (κ1) is 16.0. The topological polar surface area (TPSA) is 56.3 Å². The molecular formula is C15H21BrN4O. The van der Waals surface area contributed by atoms with E-state index >= 15 is 0 Å². The van der Waals surface area contributed by atoms with Crippen molar-refractivity contribution in [1.82, 2.24) is 14.7 Å². The van der Waals surface area contributed by atoms with Crippen molar-refractivity contribution in [2.24, 2.45) is 5.73 Å². The van der Waals surface area contributed by atoms with Gasteiger partial charge in [0, 0.05) is 6.54 Å². The van der Waals surface area contributed by atoms with Crippen molar-refractivity contribution < 1.29 is 4.74 Å². The molecule has 0 aliphatic heterocycles. The van der Waals surface area contributed by atoms with E-state index in [1.54, 1.807) is 13.3 Å². The molecule has 2 rings (SSSR count). The van der Waals surface area contributed by atoms with Gasteiger partial charge in [-0.1, -0.05) is 12.1 Å². The highest BCUT2D eigenvalue weighted by Crippen LogP contribution is 2.27. The molecular weight excluding hydrogens is 332 g/mol. The number of benzene rings is 1. The average molecular weight is 353 g/mol. The van der Waals surface area contributed by atoms with Crippen LogP contribution in [0.15, 0.2) is 34.9 Å². The molecule has 0 spiro atoms. The van der Waals surface area contributed by atoms with E-state index in [0.717, 1.165) is 34.6 Å². The van der Waals surface area contributed by atoms with E-state index in [1.165, 1.54) is 0 Å². The second-order valence-electron chi connectivity index (χ2n) is 5.15. The number of nitrogens with two attached hydrogens (primary N) is 1. The Kier molecular flexibility index (Phi) is 5.39. The van der Waals surface area contributed by atoms with Crippen molar-refractivity contribution in [1.29, 1.82) is 0 Å².